The SMILES string of the molecule is CCCCCCCCC=CCCCCCCCCN(CCCCCCCCC=CCCCCCCCC)C(=O)OCC. The molecule has 0 aliphatic carbocycles. The van der Waals surface area contributed by atoms with Crippen molar-refractivity contribution in [3.05, 3.63) is 24.3 Å². The van der Waals surface area contributed by atoms with Crippen LogP contribution in [0.3, 0.4) is 0 Å². The molecule has 0 aliphatic heterocycles. The van der Waals surface area contributed by atoms with Crippen LogP contribution in [-0.4, -0.2) is 30.7 Å². The van der Waals surface area contributed by atoms with Gasteiger partial charge in [0.2, 0.25) is 0 Å². The monoisotopic (exact) mass is 590 g/mol. The van der Waals surface area contributed by atoms with Gasteiger partial charge in [-0.25, -0.2) is 4.79 Å². The Balaban J connectivity index is 3.67. The van der Waals surface area contributed by atoms with Crippen LogP contribution in [0.5, 0.6) is 0 Å². The van der Waals surface area contributed by atoms with Gasteiger partial charge in [0.05, 0.1) is 6.61 Å². The fraction of sp³-hybridized carbons (Fsp3) is 0.872. The highest BCUT2D eigenvalue weighted by Gasteiger charge is 2.13. The number of nitrogens with zero attached hydrogens (tertiary/aromatic N) is 1. The highest BCUT2D eigenvalue weighted by atomic mass is 16.6. The van der Waals surface area contributed by atoms with Crippen LogP contribution in [-0.2, 0) is 4.74 Å². The van der Waals surface area contributed by atoms with Gasteiger partial charge in [-0.1, -0.05) is 154 Å². The van der Waals surface area contributed by atoms with Gasteiger partial charge in [-0.05, 0) is 71.1 Å². The standard InChI is InChI=1S/C39H75NO2/c1-4-7-9-11-13-15-17-19-21-23-25-27-29-31-33-35-37-40(39(41)42-6-3)38-36-34-32-30-28-26-24-22-20-18-16-14-12-10-8-5-2/h19-22H,4-18,23-38H2,1-3H3. The van der Waals surface area contributed by atoms with E-state index in [0.29, 0.717) is 6.61 Å². The van der Waals surface area contributed by atoms with Crippen LogP contribution in [0.2, 0.25) is 0 Å². The van der Waals surface area contributed by atoms with Gasteiger partial charge in [-0.3, -0.25) is 0 Å². The van der Waals surface area contributed by atoms with E-state index < -0.39 is 0 Å². The summed E-state index contributed by atoms with van der Waals surface area (Å²) in [6.45, 7) is 8.64. The number of hydrogen-bond donors (Lipinski definition) is 0. The minimum absolute atomic E-state index is 0.113. The molecule has 1 amide bonds. The molecule has 0 rings (SSSR count). The second kappa shape index (κ2) is 35.9. The van der Waals surface area contributed by atoms with Gasteiger partial charge >= 0.3 is 6.09 Å². The van der Waals surface area contributed by atoms with Crippen LogP contribution in [0.15, 0.2) is 24.3 Å². The average Bonchev–Trinajstić information content (AvgIpc) is 2.99. The van der Waals surface area contributed by atoms with E-state index in [-0.39, 0.29) is 6.09 Å². The van der Waals surface area contributed by atoms with Crippen molar-refractivity contribution in [1.82, 2.24) is 4.90 Å². The molecular weight excluding hydrogens is 514 g/mol. The summed E-state index contributed by atoms with van der Waals surface area (Å²) in [5.41, 5.74) is 0. The van der Waals surface area contributed by atoms with E-state index in [1.54, 1.807) is 0 Å². The molecule has 248 valence electrons. The van der Waals surface area contributed by atoms with Gasteiger partial charge in [-0.2, -0.15) is 0 Å². The number of carbonyl (C=O) groups excluding carboxylic acids is 1. The third-order valence-electron chi connectivity index (χ3n) is 8.41. The number of allylic oxidation sites excluding steroid dienone is 4. The van der Waals surface area contributed by atoms with Gasteiger partial charge in [-0.15, -0.1) is 0 Å². The number of rotatable bonds is 33. The van der Waals surface area contributed by atoms with E-state index in [0.717, 1.165) is 25.9 Å². The van der Waals surface area contributed by atoms with E-state index in [9.17, 15) is 4.79 Å². The Morgan fingerprint density at radius 2 is 0.714 bits per heavy atom. The lowest BCUT2D eigenvalue weighted by atomic mass is 10.1. The average molecular weight is 590 g/mol. The highest BCUT2D eigenvalue weighted by Crippen LogP contribution is 2.13. The largest absolute Gasteiger partial charge is 0.450 e. The lowest BCUT2D eigenvalue weighted by Crippen LogP contribution is -2.33. The van der Waals surface area contributed by atoms with Crippen molar-refractivity contribution in [2.45, 2.75) is 201 Å². The molecule has 3 heteroatoms. The molecular formula is C39H75NO2. The maximum atomic E-state index is 12.4. The first-order chi connectivity index (χ1) is 20.8. The summed E-state index contributed by atoms with van der Waals surface area (Å²) >= 11 is 0. The summed E-state index contributed by atoms with van der Waals surface area (Å²) in [6.07, 6.45) is 46.3. The van der Waals surface area contributed by atoms with Crippen molar-refractivity contribution in [1.29, 1.82) is 0 Å². The molecule has 0 N–H and O–H groups in total. The Morgan fingerprint density at radius 3 is 1.02 bits per heavy atom. The summed E-state index contributed by atoms with van der Waals surface area (Å²) in [7, 11) is 0. The molecule has 0 spiro atoms. The number of carbonyl (C=O) groups is 1. The molecule has 0 bridgehead atoms. The fourth-order valence-corrected chi connectivity index (χ4v) is 5.61. The van der Waals surface area contributed by atoms with Crippen LogP contribution in [0.4, 0.5) is 4.79 Å². The molecule has 0 radical (unpaired) electrons. The maximum Gasteiger partial charge on any atom is 0.409 e. The van der Waals surface area contributed by atoms with Gasteiger partial charge in [0.25, 0.3) is 0 Å². The third-order valence-corrected chi connectivity index (χ3v) is 8.41. The molecule has 0 unspecified atom stereocenters. The number of ether oxygens (including phenoxy) is 1. The Hall–Kier alpha value is -1.25. The van der Waals surface area contributed by atoms with Gasteiger partial charge in [0.1, 0.15) is 0 Å². The van der Waals surface area contributed by atoms with Crippen LogP contribution < -0.4 is 0 Å². The molecule has 0 aromatic heterocycles. The van der Waals surface area contributed by atoms with E-state index in [2.05, 4.69) is 38.2 Å². The first kappa shape index (κ1) is 40.8. The van der Waals surface area contributed by atoms with E-state index >= 15 is 0 Å². The van der Waals surface area contributed by atoms with Crippen LogP contribution >= 0.6 is 0 Å². The lowest BCUT2D eigenvalue weighted by Gasteiger charge is -2.22. The smallest absolute Gasteiger partial charge is 0.409 e. The minimum atomic E-state index is -0.113. The molecule has 42 heavy (non-hydrogen) atoms. The highest BCUT2D eigenvalue weighted by molar-refractivity contribution is 5.67. The van der Waals surface area contributed by atoms with Crippen molar-refractivity contribution in [2.75, 3.05) is 19.7 Å². The Labute approximate surface area is 264 Å². The molecule has 0 heterocycles. The minimum Gasteiger partial charge on any atom is -0.450 e. The van der Waals surface area contributed by atoms with Crippen molar-refractivity contribution in [3.63, 3.8) is 0 Å². The quantitative estimate of drug-likeness (QED) is 0.0563. The zero-order valence-electron chi connectivity index (χ0n) is 29.0. The molecule has 0 atom stereocenters. The fourth-order valence-electron chi connectivity index (χ4n) is 5.61. The normalized spacial score (nSPS) is 11.7. The third kappa shape index (κ3) is 31.7. The molecule has 0 fully saturated rings. The Kier molecular flexibility index (Phi) is 34.9. The predicted molar refractivity (Wildman–Crippen MR) is 187 cm³/mol. The molecule has 0 aliphatic rings. The molecule has 0 aromatic rings. The number of amides is 1. The van der Waals surface area contributed by atoms with E-state index in [4.69, 9.17) is 4.74 Å². The van der Waals surface area contributed by atoms with E-state index in [1.807, 2.05) is 11.8 Å². The summed E-state index contributed by atoms with van der Waals surface area (Å²) in [5, 5.41) is 0. The Bertz CT molecular complexity index is 543. The lowest BCUT2D eigenvalue weighted by molar-refractivity contribution is 0.105. The summed E-state index contributed by atoms with van der Waals surface area (Å²) < 4.78 is 5.34. The van der Waals surface area contributed by atoms with Gasteiger partial charge < -0.3 is 9.64 Å². The topological polar surface area (TPSA) is 29.5 Å². The summed E-state index contributed by atoms with van der Waals surface area (Å²) in [4.78, 5) is 14.4. The second-order valence-electron chi connectivity index (χ2n) is 12.6. The second-order valence-corrected chi connectivity index (χ2v) is 12.6. The number of unbranched alkanes of at least 4 members (excludes halogenated alkanes) is 24. The zero-order chi connectivity index (χ0) is 30.6. The van der Waals surface area contributed by atoms with E-state index in [1.165, 1.54) is 167 Å². The first-order valence-corrected chi connectivity index (χ1v) is 19.0. The van der Waals surface area contributed by atoms with Crippen molar-refractivity contribution in [2.24, 2.45) is 0 Å². The van der Waals surface area contributed by atoms with Crippen molar-refractivity contribution >= 4 is 6.09 Å². The van der Waals surface area contributed by atoms with Crippen LogP contribution in [0.25, 0.3) is 0 Å². The van der Waals surface area contributed by atoms with Crippen LogP contribution in [0.1, 0.15) is 201 Å². The summed E-state index contributed by atoms with van der Waals surface area (Å²) in [6, 6.07) is 0. The van der Waals surface area contributed by atoms with Crippen LogP contribution in [0, 0.1) is 0 Å². The predicted octanol–water partition coefficient (Wildman–Crippen LogP) is 13.5. The zero-order valence-corrected chi connectivity index (χ0v) is 29.0. The molecule has 3 nitrogen and oxygen atoms in total. The number of hydrogen-bond acceptors (Lipinski definition) is 2. The van der Waals surface area contributed by atoms with Crippen molar-refractivity contribution in [3.8, 4) is 0 Å². The molecule has 0 aromatic carbocycles. The molecule has 0 saturated carbocycles. The first-order valence-electron chi connectivity index (χ1n) is 19.0. The Morgan fingerprint density at radius 1 is 0.429 bits per heavy atom. The van der Waals surface area contributed by atoms with Gasteiger partial charge in [0, 0.05) is 13.1 Å². The summed E-state index contributed by atoms with van der Waals surface area (Å²) in [5.74, 6) is 0. The molecule has 0 saturated heterocycles. The maximum absolute atomic E-state index is 12.4. The van der Waals surface area contributed by atoms with Gasteiger partial charge in [0.15, 0.2) is 0 Å². The van der Waals surface area contributed by atoms with Crippen molar-refractivity contribution < 1.29 is 9.53 Å².